The molecule has 0 atom stereocenters. The van der Waals surface area contributed by atoms with Crippen LogP contribution in [0.5, 0.6) is 0 Å². The van der Waals surface area contributed by atoms with Crippen LogP contribution in [0, 0.1) is 22.7 Å². The molecule has 0 aliphatic heterocycles. The lowest BCUT2D eigenvalue weighted by Gasteiger charge is -2.27. The summed E-state index contributed by atoms with van der Waals surface area (Å²) in [6.45, 7) is 0. The second-order valence-corrected chi connectivity index (χ2v) is 19.4. The fourth-order valence-corrected chi connectivity index (χ4v) is 13.2. The molecule has 5 aromatic heterocycles. The van der Waals surface area contributed by atoms with Gasteiger partial charge in [0.15, 0.2) is 0 Å². The van der Waals surface area contributed by atoms with Gasteiger partial charge in [-0.1, -0.05) is 115 Å². The Kier molecular flexibility index (Phi) is 7.93. The number of furan rings is 1. The first-order valence-electron chi connectivity index (χ1n) is 23.6. The Morgan fingerprint density at radius 3 is 1.93 bits per heavy atom. The number of hydrogen-bond donors (Lipinski definition) is 0. The summed E-state index contributed by atoms with van der Waals surface area (Å²) < 4.78 is 15.9. The highest BCUT2D eigenvalue weighted by atomic mass is 32.1. The molecule has 15 rings (SSSR count). The highest BCUT2D eigenvalue weighted by Gasteiger charge is 2.35. The second kappa shape index (κ2) is 14.3. The van der Waals surface area contributed by atoms with E-state index in [0.717, 1.165) is 131 Å². The van der Waals surface area contributed by atoms with Crippen molar-refractivity contribution < 1.29 is 4.42 Å². The summed E-state index contributed by atoms with van der Waals surface area (Å²) in [5.74, 6) is 0. The van der Waals surface area contributed by atoms with Gasteiger partial charge in [-0.2, -0.15) is 10.5 Å². The summed E-state index contributed by atoms with van der Waals surface area (Å²) in [5.41, 5.74) is 14.8. The number of aromatic nitrogens is 3. The summed E-state index contributed by atoms with van der Waals surface area (Å²) in [5, 5.41) is 33.3. The van der Waals surface area contributed by atoms with Gasteiger partial charge in [-0.15, -0.1) is 11.3 Å². The molecule has 13 aromatic rings. The Hall–Kier alpha value is -8.88. The monoisotopic (exact) mass is 899 g/mol. The number of fused-ring (bicyclic) bond motifs is 16. The minimum absolute atomic E-state index is 0.424. The zero-order valence-corrected chi connectivity index (χ0v) is 37.9. The number of aryl methyl sites for hydroxylation is 1. The number of thiophene rings is 1. The van der Waals surface area contributed by atoms with Crippen molar-refractivity contribution in [1.82, 2.24) is 13.7 Å². The van der Waals surface area contributed by atoms with E-state index in [1.165, 1.54) is 25.7 Å². The lowest BCUT2D eigenvalue weighted by Crippen LogP contribution is -2.16. The molecule has 0 spiro atoms. The van der Waals surface area contributed by atoms with E-state index in [2.05, 4.69) is 184 Å². The van der Waals surface area contributed by atoms with Crippen LogP contribution in [0.4, 0.5) is 0 Å². The summed E-state index contributed by atoms with van der Waals surface area (Å²) in [7, 11) is 0. The lowest BCUT2D eigenvalue weighted by molar-refractivity contribution is 0.669. The van der Waals surface area contributed by atoms with Crippen LogP contribution in [0.25, 0.3) is 126 Å². The van der Waals surface area contributed by atoms with Crippen LogP contribution < -0.4 is 0 Å². The van der Waals surface area contributed by atoms with Crippen LogP contribution >= 0.6 is 11.3 Å². The predicted molar refractivity (Wildman–Crippen MR) is 284 cm³/mol. The molecule has 7 heteroatoms. The van der Waals surface area contributed by atoms with Gasteiger partial charge in [-0.3, -0.25) is 0 Å². The third-order valence-electron chi connectivity index (χ3n) is 14.9. The molecule has 69 heavy (non-hydrogen) atoms. The van der Waals surface area contributed by atoms with E-state index in [1.807, 2.05) is 18.2 Å². The van der Waals surface area contributed by atoms with E-state index in [0.29, 0.717) is 16.8 Å². The largest absolute Gasteiger partial charge is 0.456 e. The van der Waals surface area contributed by atoms with E-state index in [9.17, 15) is 10.5 Å². The number of allylic oxidation sites excluding steroid dienone is 2. The molecule has 0 N–H and O–H groups in total. The first-order chi connectivity index (χ1) is 34.2. The quantitative estimate of drug-likeness (QED) is 0.177. The SMILES string of the molecule is N#Cc1c(-n2c3c(c4ccccc42)CCC=C3)c(-c2ccc3sc4ccccc4c3c2)c(-n2c3c(c4ccccc42)C=CCC3)c(C#N)c1-n1c2ccccc2c2c3c(ccc21)oc1ccccc13. The zero-order valence-electron chi connectivity index (χ0n) is 37.1. The van der Waals surface area contributed by atoms with Crippen molar-refractivity contribution in [3.8, 4) is 40.3 Å². The number of nitrogens with zero attached hydrogens (tertiary/aromatic N) is 5. The van der Waals surface area contributed by atoms with E-state index < -0.39 is 0 Å². The smallest absolute Gasteiger partial charge is 0.136 e. The molecule has 0 saturated heterocycles. The Labute approximate surface area is 399 Å². The maximum Gasteiger partial charge on any atom is 0.136 e. The minimum atomic E-state index is 0.424. The van der Waals surface area contributed by atoms with Crippen molar-refractivity contribution in [3.63, 3.8) is 0 Å². The Morgan fingerprint density at radius 1 is 0.478 bits per heavy atom. The van der Waals surface area contributed by atoms with Gasteiger partial charge in [0.05, 0.1) is 39.1 Å². The van der Waals surface area contributed by atoms with E-state index >= 15 is 0 Å². The van der Waals surface area contributed by atoms with Gasteiger partial charge >= 0.3 is 0 Å². The highest BCUT2D eigenvalue weighted by Crippen LogP contribution is 2.51. The molecule has 2 aliphatic rings. The van der Waals surface area contributed by atoms with Gasteiger partial charge in [0, 0.05) is 75.0 Å². The van der Waals surface area contributed by atoms with Crippen LogP contribution in [0.15, 0.2) is 168 Å². The van der Waals surface area contributed by atoms with Crippen LogP contribution in [0.3, 0.4) is 0 Å². The average Bonchev–Trinajstić information content (AvgIpc) is 4.21. The molecule has 2 aliphatic carbocycles. The van der Waals surface area contributed by atoms with Gasteiger partial charge in [0.1, 0.15) is 34.4 Å². The molecule has 8 aromatic carbocycles. The molecular formula is C62H37N5OS. The predicted octanol–water partition coefficient (Wildman–Crippen LogP) is 16.3. The molecule has 0 amide bonds. The molecule has 0 radical (unpaired) electrons. The van der Waals surface area contributed by atoms with E-state index in [-0.39, 0.29) is 0 Å². The first-order valence-corrected chi connectivity index (χ1v) is 24.4. The van der Waals surface area contributed by atoms with Crippen molar-refractivity contribution in [2.24, 2.45) is 0 Å². The first kappa shape index (κ1) is 38.2. The number of benzene rings is 8. The molecular weight excluding hydrogens is 863 g/mol. The zero-order chi connectivity index (χ0) is 45.5. The Morgan fingerprint density at radius 2 is 1.12 bits per heavy atom. The topological polar surface area (TPSA) is 75.5 Å². The minimum Gasteiger partial charge on any atom is -0.456 e. The summed E-state index contributed by atoms with van der Waals surface area (Å²) >= 11 is 1.79. The molecule has 6 nitrogen and oxygen atoms in total. The fourth-order valence-electron chi connectivity index (χ4n) is 12.1. The van der Waals surface area contributed by atoms with Gasteiger partial charge in [-0.05, 0) is 97.5 Å². The molecule has 322 valence electrons. The van der Waals surface area contributed by atoms with E-state index in [1.54, 1.807) is 11.3 Å². The second-order valence-electron chi connectivity index (χ2n) is 18.3. The number of hydrogen-bond acceptors (Lipinski definition) is 4. The van der Waals surface area contributed by atoms with Gasteiger partial charge in [-0.25, -0.2) is 0 Å². The maximum absolute atomic E-state index is 12.3. The highest BCUT2D eigenvalue weighted by molar-refractivity contribution is 7.25. The average molecular weight is 900 g/mol. The standard InChI is InChI=1S/C62H37N5OS/c63-34-45-60(67-51-26-12-5-20-42(51)58-52(67)30-31-54-59(58)43-21-6-13-27-53(43)68-54)46(35-64)62(66-49-24-10-3-17-39(49)40-18-4-11-25-50(40)66)57(36-29-32-56-44(33-36)41-19-7-14-28-55(41)69-56)61(45)65-47-22-8-1-15-37(47)38-16-2-9-23-48(38)65/h1-3,5-8,10-17,19-22,24-33H,4,9,18,23H2. The third-order valence-corrected chi connectivity index (χ3v) is 16.0. The van der Waals surface area contributed by atoms with Crippen molar-refractivity contribution in [3.05, 3.63) is 197 Å². The fraction of sp³-hybridized carbons (Fsp3) is 0.0645. The van der Waals surface area contributed by atoms with Crippen LogP contribution in [0.1, 0.15) is 46.5 Å². The van der Waals surface area contributed by atoms with Crippen molar-refractivity contribution in [2.75, 3.05) is 0 Å². The van der Waals surface area contributed by atoms with Gasteiger partial charge < -0.3 is 18.1 Å². The summed E-state index contributed by atoms with van der Waals surface area (Å²) in [6.07, 6.45) is 12.5. The lowest BCUT2D eigenvalue weighted by atomic mass is 9.90. The van der Waals surface area contributed by atoms with Crippen LogP contribution in [-0.2, 0) is 12.8 Å². The van der Waals surface area contributed by atoms with Crippen LogP contribution in [0.2, 0.25) is 0 Å². The molecule has 0 bridgehead atoms. The third kappa shape index (κ3) is 5.12. The number of para-hydroxylation sites is 4. The van der Waals surface area contributed by atoms with Gasteiger partial charge in [0.25, 0.3) is 0 Å². The number of nitriles is 2. The Bertz CT molecular complexity index is 4580. The summed E-state index contributed by atoms with van der Waals surface area (Å²) in [4.78, 5) is 0. The van der Waals surface area contributed by atoms with Crippen LogP contribution in [-0.4, -0.2) is 13.7 Å². The molecule has 0 unspecified atom stereocenters. The van der Waals surface area contributed by atoms with Gasteiger partial charge in [0.2, 0.25) is 0 Å². The van der Waals surface area contributed by atoms with E-state index in [4.69, 9.17) is 4.42 Å². The van der Waals surface area contributed by atoms with Crippen molar-refractivity contribution in [2.45, 2.75) is 25.7 Å². The Balaban J connectivity index is 1.23. The summed E-state index contributed by atoms with van der Waals surface area (Å²) in [6, 6.07) is 59.1. The normalized spacial score (nSPS) is 13.4. The van der Waals surface area contributed by atoms with Crippen molar-refractivity contribution in [1.29, 1.82) is 10.5 Å². The molecule has 5 heterocycles. The van der Waals surface area contributed by atoms with Crippen molar-refractivity contribution >= 4 is 109 Å². The maximum atomic E-state index is 12.3. The molecule has 0 saturated carbocycles. The number of rotatable bonds is 4. The molecule has 0 fully saturated rings.